The number of hydrogen-bond donors (Lipinski definition) is 2. The van der Waals surface area contributed by atoms with Crippen molar-refractivity contribution in [3.8, 4) is 5.69 Å². The lowest BCUT2D eigenvalue weighted by molar-refractivity contribution is 0.0936. The summed E-state index contributed by atoms with van der Waals surface area (Å²) in [6, 6.07) is 24.4. The van der Waals surface area contributed by atoms with E-state index in [9.17, 15) is 9.59 Å². The predicted molar refractivity (Wildman–Crippen MR) is 201 cm³/mol. The number of amides is 2. The number of pyridine rings is 1. The lowest BCUT2D eigenvalue weighted by atomic mass is 10.2. The maximum Gasteiger partial charge on any atom is 0.270 e. The van der Waals surface area contributed by atoms with Gasteiger partial charge in [0.25, 0.3) is 11.8 Å². The second kappa shape index (κ2) is 16.9. The molecule has 0 aliphatic heterocycles. The van der Waals surface area contributed by atoms with Gasteiger partial charge in [-0.2, -0.15) is 5.10 Å². The summed E-state index contributed by atoms with van der Waals surface area (Å²) in [6.07, 6.45) is 13.5. The zero-order valence-electron chi connectivity index (χ0n) is 28.1. The summed E-state index contributed by atoms with van der Waals surface area (Å²) in [5, 5.41) is 13.0. The topological polar surface area (TPSA) is 166 Å². The summed E-state index contributed by atoms with van der Waals surface area (Å²) in [7, 11) is 0. The van der Waals surface area contributed by atoms with Crippen molar-refractivity contribution in [1.29, 1.82) is 0 Å². The summed E-state index contributed by atoms with van der Waals surface area (Å²) >= 11 is 3.37. The molecule has 258 valence electrons. The van der Waals surface area contributed by atoms with Crippen molar-refractivity contribution in [3.05, 3.63) is 150 Å². The fourth-order valence-electron chi connectivity index (χ4n) is 4.86. The Bertz CT molecular complexity index is 2410. The summed E-state index contributed by atoms with van der Waals surface area (Å²) in [4.78, 5) is 53.0. The van der Waals surface area contributed by atoms with Crippen LogP contribution in [0.5, 0.6) is 0 Å². The maximum atomic E-state index is 12.5. The molecule has 52 heavy (non-hydrogen) atoms. The first kappa shape index (κ1) is 35.3. The van der Waals surface area contributed by atoms with Crippen LogP contribution in [0, 0.1) is 0 Å². The Labute approximate surface area is 306 Å². The van der Waals surface area contributed by atoms with Crippen molar-refractivity contribution in [1.82, 2.24) is 55.3 Å². The monoisotopic (exact) mass is 753 g/mol. The molecule has 0 aliphatic rings. The van der Waals surface area contributed by atoms with Crippen molar-refractivity contribution in [2.75, 3.05) is 0 Å². The quantitative estimate of drug-likeness (QED) is 0.197. The van der Waals surface area contributed by atoms with Gasteiger partial charge in [0.05, 0.1) is 28.4 Å². The van der Waals surface area contributed by atoms with Gasteiger partial charge in [0.1, 0.15) is 30.4 Å². The van der Waals surface area contributed by atoms with E-state index in [0.717, 1.165) is 48.4 Å². The molecule has 0 bridgehead atoms. The van der Waals surface area contributed by atoms with Gasteiger partial charge in [-0.25, -0.2) is 39.6 Å². The minimum Gasteiger partial charge on any atom is -0.349 e. The Morgan fingerprint density at radius 1 is 0.692 bits per heavy atom. The molecule has 8 aromatic rings. The normalized spacial score (nSPS) is 10.6. The smallest absolute Gasteiger partial charge is 0.270 e. The van der Waals surface area contributed by atoms with Crippen molar-refractivity contribution < 1.29 is 9.59 Å². The zero-order valence-corrected chi connectivity index (χ0v) is 29.7. The summed E-state index contributed by atoms with van der Waals surface area (Å²) < 4.78 is 2.77. The number of hydrogen-bond acceptors (Lipinski definition) is 10. The fraction of sp³-hybridized carbons (Fsp3) is 0.105. The van der Waals surface area contributed by atoms with Crippen LogP contribution in [-0.2, 0) is 6.54 Å². The third kappa shape index (κ3) is 9.37. The van der Waals surface area contributed by atoms with Crippen LogP contribution in [0.15, 0.2) is 133 Å². The van der Waals surface area contributed by atoms with E-state index in [4.69, 9.17) is 0 Å². The molecule has 0 atom stereocenters. The van der Waals surface area contributed by atoms with Gasteiger partial charge in [-0.15, -0.1) is 0 Å². The lowest BCUT2D eigenvalue weighted by Crippen LogP contribution is -2.31. The third-order valence-corrected chi connectivity index (χ3v) is 7.86. The number of para-hydroxylation sites is 1. The molecule has 14 heteroatoms. The van der Waals surface area contributed by atoms with Gasteiger partial charge in [-0.05, 0) is 62.4 Å². The first-order valence-corrected chi connectivity index (χ1v) is 16.9. The van der Waals surface area contributed by atoms with Crippen LogP contribution in [0.3, 0.4) is 0 Å². The average Bonchev–Trinajstić information content (AvgIpc) is 3.66. The predicted octanol–water partition coefficient (Wildman–Crippen LogP) is 6.30. The van der Waals surface area contributed by atoms with Gasteiger partial charge in [0, 0.05) is 63.6 Å². The van der Waals surface area contributed by atoms with E-state index in [-0.39, 0.29) is 35.8 Å². The van der Waals surface area contributed by atoms with Crippen molar-refractivity contribution in [2.24, 2.45) is 0 Å². The minimum atomic E-state index is -0.366. The highest BCUT2D eigenvalue weighted by Crippen LogP contribution is 2.17. The molecule has 0 saturated carbocycles. The van der Waals surface area contributed by atoms with Gasteiger partial charge >= 0.3 is 0 Å². The van der Waals surface area contributed by atoms with Gasteiger partial charge in [0.2, 0.25) is 0 Å². The van der Waals surface area contributed by atoms with Crippen LogP contribution in [0.2, 0.25) is 0 Å². The van der Waals surface area contributed by atoms with Gasteiger partial charge in [-0.3, -0.25) is 9.59 Å². The summed E-state index contributed by atoms with van der Waals surface area (Å²) in [6.45, 7) is 4.00. The number of halogens is 1. The zero-order chi connectivity index (χ0) is 36.3. The number of rotatable bonds is 6. The number of nitrogens with one attached hydrogen (secondary N) is 2. The fourth-order valence-corrected chi connectivity index (χ4v) is 5.21. The number of benzene rings is 3. The number of fused-ring (bicyclic) bond motifs is 3. The highest BCUT2D eigenvalue weighted by molar-refractivity contribution is 9.10. The molecule has 0 aliphatic carbocycles. The van der Waals surface area contributed by atoms with Gasteiger partial charge in [-0.1, -0.05) is 46.3 Å². The molecule has 3 aromatic carbocycles. The van der Waals surface area contributed by atoms with E-state index in [0.29, 0.717) is 0 Å². The van der Waals surface area contributed by atoms with Crippen molar-refractivity contribution in [2.45, 2.75) is 26.4 Å². The van der Waals surface area contributed by atoms with E-state index in [1.54, 1.807) is 54.1 Å². The first-order chi connectivity index (χ1) is 25.3. The minimum absolute atomic E-state index is 0.0154. The van der Waals surface area contributed by atoms with E-state index < -0.39 is 0 Å². The van der Waals surface area contributed by atoms with Crippen LogP contribution >= 0.6 is 15.9 Å². The van der Waals surface area contributed by atoms with Crippen molar-refractivity contribution in [3.63, 3.8) is 0 Å². The largest absolute Gasteiger partial charge is 0.349 e. The molecule has 0 saturated heterocycles. The van der Waals surface area contributed by atoms with E-state index in [2.05, 4.69) is 66.6 Å². The Morgan fingerprint density at radius 2 is 1.31 bits per heavy atom. The van der Waals surface area contributed by atoms with Gasteiger partial charge in [0.15, 0.2) is 0 Å². The van der Waals surface area contributed by atoms with Crippen LogP contribution in [0.25, 0.3) is 38.4 Å². The average molecular weight is 755 g/mol. The van der Waals surface area contributed by atoms with E-state index >= 15 is 0 Å². The highest BCUT2D eigenvalue weighted by Gasteiger charge is 2.13. The third-order valence-electron chi connectivity index (χ3n) is 7.36. The molecular weight excluding hydrogens is 722 g/mol. The molecule has 5 heterocycles. The second-order valence-electron chi connectivity index (χ2n) is 11.6. The maximum absolute atomic E-state index is 12.5. The number of carbonyl (C=O) groups excluding carboxylic acids is 2. The van der Waals surface area contributed by atoms with Crippen LogP contribution in [-0.4, -0.2) is 62.5 Å². The molecule has 0 radical (unpaired) electrons. The molecule has 0 spiro atoms. The Balaban J connectivity index is 0.000000177. The van der Waals surface area contributed by atoms with Crippen LogP contribution in [0.4, 0.5) is 0 Å². The Morgan fingerprint density at radius 3 is 2.00 bits per heavy atom. The number of carbonyl (C=O) groups is 2. The molecule has 8 rings (SSSR count). The molecular formula is C38H32BrN11O2. The number of nitrogens with zero attached hydrogens (tertiary/aromatic N) is 9. The van der Waals surface area contributed by atoms with Crippen LogP contribution < -0.4 is 10.6 Å². The number of aromatic nitrogens is 9. The second-order valence-corrected chi connectivity index (χ2v) is 12.5. The Kier molecular flexibility index (Phi) is 11.5. The molecule has 5 aromatic heterocycles. The summed E-state index contributed by atoms with van der Waals surface area (Å²) in [5.41, 5.74) is 4.85. The SMILES string of the molecule is Brc1ccc2cncnc2c1.CC(C)NC(=O)c1cccc(C(=O)NCc2cnn(-c3ccc4cncnc4c3)c2)n1.c1ccc2ncncc2c1. The summed E-state index contributed by atoms with van der Waals surface area (Å²) in [5.74, 6) is -0.680. The van der Waals surface area contributed by atoms with Gasteiger partial charge < -0.3 is 10.6 Å². The highest BCUT2D eigenvalue weighted by atomic mass is 79.9. The molecule has 2 N–H and O–H groups in total. The van der Waals surface area contributed by atoms with Crippen LogP contribution in [0.1, 0.15) is 40.4 Å². The molecule has 13 nitrogen and oxygen atoms in total. The van der Waals surface area contributed by atoms with E-state index in [1.165, 1.54) is 6.33 Å². The standard InChI is InChI=1S/C22H21N7O2.C8H5BrN2.C8H6N2/c1-14(2)27-22(31)19-5-3-4-18(28-19)21(30)24-9-15-10-26-29(12-15)17-7-6-16-11-23-13-25-20(16)8-17;9-7-2-1-6-4-10-5-11-8(6)3-7;1-2-4-8-7(3-1)5-9-6-10-8/h3-8,10-14H,9H2,1-2H3,(H,24,30)(H,27,31);1-5H;1-6H. The lowest BCUT2D eigenvalue weighted by Gasteiger charge is -2.08. The molecule has 2 amide bonds. The first-order valence-electron chi connectivity index (χ1n) is 16.1. The molecule has 0 fully saturated rings. The van der Waals surface area contributed by atoms with Crippen molar-refractivity contribution >= 4 is 60.5 Å². The Hall–Kier alpha value is -6.54. The van der Waals surface area contributed by atoms with E-state index in [1.807, 2.05) is 86.9 Å². The molecule has 0 unspecified atom stereocenters.